The van der Waals surface area contributed by atoms with Crippen molar-refractivity contribution in [3.63, 3.8) is 0 Å². The second-order valence-electron chi connectivity index (χ2n) is 5.19. The van der Waals surface area contributed by atoms with Crippen LogP contribution in [0.3, 0.4) is 0 Å². The highest BCUT2D eigenvalue weighted by atomic mass is 79.9. The second kappa shape index (κ2) is 6.45. The van der Waals surface area contributed by atoms with E-state index in [1.54, 1.807) is 16.4 Å². The Hall–Kier alpha value is -0.590. The molecule has 1 saturated carbocycles. The number of nitrogens with zero attached hydrogens (tertiary/aromatic N) is 1. The van der Waals surface area contributed by atoms with Crippen molar-refractivity contribution < 1.29 is 8.42 Å². The van der Waals surface area contributed by atoms with E-state index in [1.807, 2.05) is 6.92 Å². The van der Waals surface area contributed by atoms with Crippen LogP contribution in [0.2, 0.25) is 0 Å². The minimum absolute atomic E-state index is 0.118. The lowest BCUT2D eigenvalue weighted by atomic mass is 9.95. The highest BCUT2D eigenvalue weighted by Crippen LogP contribution is 2.31. The average molecular weight is 361 g/mol. The van der Waals surface area contributed by atoms with Gasteiger partial charge in [0.1, 0.15) is 0 Å². The third-order valence-electron chi connectivity index (χ3n) is 3.84. The molecule has 2 rings (SSSR count). The van der Waals surface area contributed by atoms with Gasteiger partial charge >= 0.3 is 0 Å². The highest BCUT2D eigenvalue weighted by Gasteiger charge is 2.32. The summed E-state index contributed by atoms with van der Waals surface area (Å²) < 4.78 is 28.0. The number of anilines is 1. The van der Waals surface area contributed by atoms with Crippen LogP contribution in [0.4, 0.5) is 5.69 Å². The average Bonchev–Trinajstić information content (AvgIpc) is 2.43. The molecule has 1 fully saturated rings. The van der Waals surface area contributed by atoms with E-state index in [0.29, 0.717) is 16.7 Å². The normalized spacial score (nSPS) is 17.6. The van der Waals surface area contributed by atoms with Gasteiger partial charge in [0, 0.05) is 22.7 Å². The fraction of sp³-hybridized carbons (Fsp3) is 0.571. The standard InChI is InChI=1S/C14H21BrN2O2S/c1-2-17(12-6-4-3-5-7-12)20(18,19)14-10-11(16)8-9-13(14)15/h8-10,12H,2-7,16H2,1H3. The number of nitrogen functional groups attached to an aromatic ring is 1. The van der Waals surface area contributed by atoms with Crippen molar-refractivity contribution in [1.29, 1.82) is 0 Å². The topological polar surface area (TPSA) is 63.4 Å². The molecule has 0 radical (unpaired) electrons. The lowest BCUT2D eigenvalue weighted by molar-refractivity contribution is 0.261. The maximum atomic E-state index is 12.9. The van der Waals surface area contributed by atoms with Crippen LogP contribution in [-0.4, -0.2) is 25.3 Å². The molecule has 0 bridgehead atoms. The molecule has 0 spiro atoms. The van der Waals surface area contributed by atoms with E-state index in [1.165, 1.54) is 12.5 Å². The summed E-state index contributed by atoms with van der Waals surface area (Å²) >= 11 is 3.33. The van der Waals surface area contributed by atoms with E-state index in [-0.39, 0.29) is 10.9 Å². The van der Waals surface area contributed by atoms with Crippen molar-refractivity contribution in [3.05, 3.63) is 22.7 Å². The molecule has 6 heteroatoms. The van der Waals surface area contributed by atoms with Gasteiger partial charge in [-0.15, -0.1) is 0 Å². The van der Waals surface area contributed by atoms with Gasteiger partial charge in [-0.05, 0) is 47.0 Å². The fourth-order valence-corrected chi connectivity index (χ4v) is 5.49. The first-order chi connectivity index (χ1) is 9.46. The molecular weight excluding hydrogens is 340 g/mol. The molecule has 20 heavy (non-hydrogen) atoms. The highest BCUT2D eigenvalue weighted by molar-refractivity contribution is 9.10. The van der Waals surface area contributed by atoms with Crippen molar-refractivity contribution in [3.8, 4) is 0 Å². The molecule has 0 saturated heterocycles. The van der Waals surface area contributed by atoms with Gasteiger partial charge in [0.2, 0.25) is 10.0 Å². The van der Waals surface area contributed by atoms with Crippen LogP contribution < -0.4 is 5.73 Å². The molecule has 0 amide bonds. The zero-order chi connectivity index (χ0) is 14.8. The number of hydrogen-bond acceptors (Lipinski definition) is 3. The molecule has 0 unspecified atom stereocenters. The predicted molar refractivity (Wildman–Crippen MR) is 85.0 cm³/mol. The number of hydrogen-bond donors (Lipinski definition) is 1. The third kappa shape index (κ3) is 3.18. The smallest absolute Gasteiger partial charge is 0.244 e. The first kappa shape index (κ1) is 15.8. The van der Waals surface area contributed by atoms with Crippen molar-refractivity contribution in [2.24, 2.45) is 0 Å². The van der Waals surface area contributed by atoms with Gasteiger partial charge in [0.25, 0.3) is 0 Å². The van der Waals surface area contributed by atoms with E-state index in [9.17, 15) is 8.42 Å². The van der Waals surface area contributed by atoms with Crippen LogP contribution in [0, 0.1) is 0 Å². The zero-order valence-electron chi connectivity index (χ0n) is 11.7. The van der Waals surface area contributed by atoms with E-state index >= 15 is 0 Å². The first-order valence-corrected chi connectivity index (χ1v) is 9.27. The number of nitrogens with two attached hydrogens (primary N) is 1. The SMILES string of the molecule is CCN(C1CCCCC1)S(=O)(=O)c1cc(N)ccc1Br. The van der Waals surface area contributed by atoms with Gasteiger partial charge in [0.05, 0.1) is 4.90 Å². The van der Waals surface area contributed by atoms with Crippen LogP contribution in [0.15, 0.2) is 27.6 Å². The molecule has 112 valence electrons. The number of rotatable bonds is 4. The Morgan fingerprint density at radius 2 is 1.95 bits per heavy atom. The summed E-state index contributed by atoms with van der Waals surface area (Å²) in [5.41, 5.74) is 6.20. The van der Waals surface area contributed by atoms with E-state index < -0.39 is 10.0 Å². The van der Waals surface area contributed by atoms with Gasteiger partial charge in [-0.25, -0.2) is 8.42 Å². The van der Waals surface area contributed by atoms with Crippen LogP contribution in [0.25, 0.3) is 0 Å². The Labute approximate surface area is 129 Å². The Bertz CT molecular complexity index is 569. The van der Waals surface area contributed by atoms with E-state index in [4.69, 9.17) is 5.73 Å². The quantitative estimate of drug-likeness (QED) is 0.837. The van der Waals surface area contributed by atoms with Gasteiger partial charge < -0.3 is 5.73 Å². The van der Waals surface area contributed by atoms with Gasteiger partial charge in [0.15, 0.2) is 0 Å². The van der Waals surface area contributed by atoms with Gasteiger partial charge in [-0.1, -0.05) is 26.2 Å². The molecule has 2 N–H and O–H groups in total. The summed E-state index contributed by atoms with van der Waals surface area (Å²) in [6.45, 7) is 2.39. The largest absolute Gasteiger partial charge is 0.399 e. The predicted octanol–water partition coefficient (Wildman–Crippen LogP) is 3.37. The molecule has 4 nitrogen and oxygen atoms in total. The third-order valence-corrected chi connectivity index (χ3v) is 6.86. The van der Waals surface area contributed by atoms with Crippen LogP contribution in [0.1, 0.15) is 39.0 Å². The zero-order valence-corrected chi connectivity index (χ0v) is 14.1. The molecule has 0 aliphatic heterocycles. The monoisotopic (exact) mass is 360 g/mol. The number of sulfonamides is 1. The molecule has 1 aliphatic carbocycles. The first-order valence-electron chi connectivity index (χ1n) is 7.03. The lowest BCUT2D eigenvalue weighted by Gasteiger charge is -2.32. The summed E-state index contributed by atoms with van der Waals surface area (Å²) in [7, 11) is -3.50. The van der Waals surface area contributed by atoms with Crippen molar-refractivity contribution in [2.45, 2.75) is 50.0 Å². The van der Waals surface area contributed by atoms with Crippen LogP contribution >= 0.6 is 15.9 Å². The van der Waals surface area contributed by atoms with Crippen molar-refractivity contribution in [1.82, 2.24) is 4.31 Å². The molecule has 0 atom stereocenters. The summed E-state index contributed by atoms with van der Waals surface area (Å²) in [5.74, 6) is 0. The fourth-order valence-electron chi connectivity index (χ4n) is 2.84. The molecular formula is C14H21BrN2O2S. The Kier molecular flexibility index (Phi) is 5.09. The van der Waals surface area contributed by atoms with Gasteiger partial charge in [-0.2, -0.15) is 4.31 Å². The van der Waals surface area contributed by atoms with Crippen LogP contribution in [0.5, 0.6) is 0 Å². The molecule has 1 aromatic rings. The molecule has 0 aromatic heterocycles. The van der Waals surface area contributed by atoms with Crippen molar-refractivity contribution >= 4 is 31.6 Å². The lowest BCUT2D eigenvalue weighted by Crippen LogP contribution is -2.41. The molecule has 1 aromatic carbocycles. The summed E-state index contributed by atoms with van der Waals surface area (Å²) in [4.78, 5) is 0.268. The number of benzene rings is 1. The molecule has 0 heterocycles. The molecule has 1 aliphatic rings. The second-order valence-corrected chi connectivity index (χ2v) is 7.90. The van der Waals surface area contributed by atoms with E-state index in [2.05, 4.69) is 15.9 Å². The number of halogens is 1. The summed E-state index contributed by atoms with van der Waals surface area (Å²) in [6.07, 6.45) is 5.32. The van der Waals surface area contributed by atoms with E-state index in [0.717, 1.165) is 25.7 Å². The minimum Gasteiger partial charge on any atom is -0.399 e. The maximum Gasteiger partial charge on any atom is 0.244 e. The Morgan fingerprint density at radius 3 is 2.55 bits per heavy atom. The van der Waals surface area contributed by atoms with Crippen LogP contribution in [-0.2, 0) is 10.0 Å². The van der Waals surface area contributed by atoms with Crippen molar-refractivity contribution in [2.75, 3.05) is 12.3 Å². The summed E-state index contributed by atoms with van der Waals surface area (Å²) in [5, 5.41) is 0. The maximum absolute atomic E-state index is 12.9. The van der Waals surface area contributed by atoms with Gasteiger partial charge in [-0.3, -0.25) is 0 Å². The Morgan fingerprint density at radius 1 is 1.30 bits per heavy atom. The summed E-state index contributed by atoms with van der Waals surface area (Å²) in [6, 6.07) is 5.04. The Balaban J connectivity index is 2.38. The minimum atomic E-state index is -3.50.